The number of benzene rings is 3. The lowest BCUT2D eigenvalue weighted by Gasteiger charge is -2.31. The number of anilines is 1. The SMILES string of the molecule is Cc1ccc2c(c1)C(c1ccccc1)N(C(=O)c1cccc([N+](=O)[O-])c1C)CC(=O)N2. The summed E-state index contributed by atoms with van der Waals surface area (Å²) < 4.78 is 0. The molecular weight excluding hydrogens is 394 g/mol. The Labute approximate surface area is 179 Å². The lowest BCUT2D eigenvalue weighted by atomic mass is 9.93. The van der Waals surface area contributed by atoms with Gasteiger partial charge in [-0.15, -0.1) is 0 Å². The summed E-state index contributed by atoms with van der Waals surface area (Å²) in [6, 6.07) is 19.1. The van der Waals surface area contributed by atoms with Crippen LogP contribution in [0, 0.1) is 24.0 Å². The number of nitrogens with one attached hydrogen (secondary N) is 1. The molecule has 0 bridgehead atoms. The monoisotopic (exact) mass is 415 g/mol. The van der Waals surface area contributed by atoms with Gasteiger partial charge in [0.25, 0.3) is 11.6 Å². The highest BCUT2D eigenvalue weighted by Crippen LogP contribution is 2.37. The summed E-state index contributed by atoms with van der Waals surface area (Å²) in [4.78, 5) is 38.8. The van der Waals surface area contributed by atoms with Crippen LogP contribution in [0.1, 0.15) is 38.7 Å². The van der Waals surface area contributed by atoms with Crippen molar-refractivity contribution in [1.82, 2.24) is 4.90 Å². The van der Waals surface area contributed by atoms with Gasteiger partial charge in [0, 0.05) is 28.4 Å². The first kappa shape index (κ1) is 20.3. The fraction of sp³-hybridized carbons (Fsp3) is 0.167. The Morgan fingerprint density at radius 3 is 2.52 bits per heavy atom. The standard InChI is InChI=1S/C24H21N3O4/c1-15-11-12-20-19(13-15)23(17-7-4-3-5-8-17)26(14-22(28)25-20)24(29)18-9-6-10-21(16(18)2)27(30)31/h3-13,23H,14H2,1-2H3,(H,25,28). The largest absolute Gasteiger partial charge is 0.324 e. The lowest BCUT2D eigenvalue weighted by Crippen LogP contribution is -2.39. The van der Waals surface area contributed by atoms with Crippen molar-refractivity contribution in [2.45, 2.75) is 19.9 Å². The van der Waals surface area contributed by atoms with Gasteiger partial charge in [-0.25, -0.2) is 0 Å². The highest BCUT2D eigenvalue weighted by Gasteiger charge is 2.35. The number of fused-ring (bicyclic) bond motifs is 1. The smallest absolute Gasteiger partial charge is 0.273 e. The Bertz CT molecular complexity index is 1190. The second-order valence-electron chi connectivity index (χ2n) is 7.59. The molecule has 0 saturated heterocycles. The van der Waals surface area contributed by atoms with E-state index in [2.05, 4.69) is 5.32 Å². The maximum atomic E-state index is 13.7. The summed E-state index contributed by atoms with van der Waals surface area (Å²) in [5.41, 5.74) is 3.65. The molecule has 156 valence electrons. The number of aryl methyl sites for hydroxylation is 1. The molecule has 31 heavy (non-hydrogen) atoms. The van der Waals surface area contributed by atoms with Crippen LogP contribution in [0.4, 0.5) is 11.4 Å². The number of nitrogens with zero attached hydrogens (tertiary/aromatic N) is 2. The molecule has 0 saturated carbocycles. The minimum atomic E-state index is -0.527. The molecule has 1 heterocycles. The maximum Gasteiger partial charge on any atom is 0.273 e. The van der Waals surface area contributed by atoms with Gasteiger partial charge in [-0.05, 0) is 31.5 Å². The van der Waals surface area contributed by atoms with E-state index < -0.39 is 16.9 Å². The summed E-state index contributed by atoms with van der Waals surface area (Å²) in [7, 11) is 0. The Hall–Kier alpha value is -4.00. The van der Waals surface area contributed by atoms with Crippen molar-refractivity contribution in [3.05, 3.63) is 105 Å². The minimum absolute atomic E-state index is 0.127. The maximum absolute atomic E-state index is 13.7. The average Bonchev–Trinajstić information content (AvgIpc) is 2.89. The van der Waals surface area contributed by atoms with Crippen LogP contribution in [-0.2, 0) is 4.79 Å². The Kier molecular flexibility index (Phi) is 5.25. The first-order valence-electron chi connectivity index (χ1n) is 9.87. The normalized spacial score (nSPS) is 15.6. The number of hydrogen-bond donors (Lipinski definition) is 1. The molecular formula is C24H21N3O4. The number of nitro groups is 1. The van der Waals surface area contributed by atoms with Crippen molar-refractivity contribution in [2.75, 3.05) is 11.9 Å². The van der Waals surface area contributed by atoms with Crippen LogP contribution in [0.15, 0.2) is 66.7 Å². The summed E-state index contributed by atoms with van der Waals surface area (Å²) >= 11 is 0. The van der Waals surface area contributed by atoms with E-state index in [-0.39, 0.29) is 29.3 Å². The van der Waals surface area contributed by atoms with E-state index in [4.69, 9.17) is 0 Å². The molecule has 4 rings (SSSR count). The molecule has 1 unspecified atom stereocenters. The molecule has 3 aromatic carbocycles. The molecule has 2 amide bonds. The number of carbonyl (C=O) groups is 2. The van der Waals surface area contributed by atoms with Crippen LogP contribution in [0.3, 0.4) is 0 Å². The predicted octanol–water partition coefficient (Wildman–Crippen LogP) is 4.40. The molecule has 1 atom stereocenters. The van der Waals surface area contributed by atoms with Crippen LogP contribution in [0.5, 0.6) is 0 Å². The van der Waals surface area contributed by atoms with Crippen LogP contribution in [0.25, 0.3) is 0 Å². The highest BCUT2D eigenvalue weighted by molar-refractivity contribution is 6.02. The second kappa shape index (κ2) is 8.02. The van der Waals surface area contributed by atoms with Gasteiger partial charge < -0.3 is 10.2 Å². The fourth-order valence-corrected chi connectivity index (χ4v) is 4.02. The predicted molar refractivity (Wildman–Crippen MR) is 117 cm³/mol. The molecule has 0 spiro atoms. The summed E-state index contributed by atoms with van der Waals surface area (Å²) in [6.07, 6.45) is 0. The number of amides is 2. The van der Waals surface area contributed by atoms with E-state index in [9.17, 15) is 19.7 Å². The minimum Gasteiger partial charge on any atom is -0.324 e. The third kappa shape index (κ3) is 3.77. The quantitative estimate of drug-likeness (QED) is 0.507. The Morgan fingerprint density at radius 2 is 1.81 bits per heavy atom. The van der Waals surface area contributed by atoms with Gasteiger partial charge in [0.2, 0.25) is 5.91 Å². The van der Waals surface area contributed by atoms with Crippen molar-refractivity contribution >= 4 is 23.2 Å². The van der Waals surface area contributed by atoms with Crippen molar-refractivity contribution < 1.29 is 14.5 Å². The van der Waals surface area contributed by atoms with Crippen LogP contribution >= 0.6 is 0 Å². The van der Waals surface area contributed by atoms with Gasteiger partial charge in [0.1, 0.15) is 6.54 Å². The van der Waals surface area contributed by atoms with E-state index in [1.165, 1.54) is 17.0 Å². The van der Waals surface area contributed by atoms with Crippen molar-refractivity contribution in [1.29, 1.82) is 0 Å². The lowest BCUT2D eigenvalue weighted by molar-refractivity contribution is -0.385. The van der Waals surface area contributed by atoms with E-state index in [1.807, 2.05) is 55.5 Å². The molecule has 7 nitrogen and oxygen atoms in total. The van der Waals surface area contributed by atoms with Crippen molar-refractivity contribution in [3.8, 4) is 0 Å². The zero-order valence-corrected chi connectivity index (χ0v) is 17.2. The second-order valence-corrected chi connectivity index (χ2v) is 7.59. The number of hydrogen-bond acceptors (Lipinski definition) is 4. The molecule has 0 radical (unpaired) electrons. The van der Waals surface area contributed by atoms with E-state index in [0.29, 0.717) is 5.69 Å². The summed E-state index contributed by atoms with van der Waals surface area (Å²) in [5.74, 6) is -0.750. The fourth-order valence-electron chi connectivity index (χ4n) is 4.02. The highest BCUT2D eigenvalue weighted by atomic mass is 16.6. The first-order chi connectivity index (χ1) is 14.9. The molecule has 0 aliphatic carbocycles. The first-order valence-corrected chi connectivity index (χ1v) is 9.87. The number of carbonyl (C=O) groups excluding carboxylic acids is 2. The van der Waals surface area contributed by atoms with Crippen LogP contribution in [0.2, 0.25) is 0 Å². The van der Waals surface area contributed by atoms with Crippen LogP contribution in [-0.4, -0.2) is 28.2 Å². The van der Waals surface area contributed by atoms with Gasteiger partial charge >= 0.3 is 0 Å². The molecule has 3 aromatic rings. The molecule has 1 aliphatic rings. The summed E-state index contributed by atoms with van der Waals surface area (Å²) in [6.45, 7) is 3.33. The van der Waals surface area contributed by atoms with Crippen molar-refractivity contribution in [2.24, 2.45) is 0 Å². The zero-order valence-electron chi connectivity index (χ0n) is 17.2. The molecule has 0 aromatic heterocycles. The third-order valence-corrected chi connectivity index (χ3v) is 5.51. The Balaban J connectivity index is 1.91. The summed E-state index contributed by atoms with van der Waals surface area (Å²) in [5, 5.41) is 14.3. The average molecular weight is 415 g/mol. The van der Waals surface area contributed by atoms with Gasteiger partial charge in [0.15, 0.2) is 0 Å². The van der Waals surface area contributed by atoms with Crippen LogP contribution < -0.4 is 5.32 Å². The molecule has 0 fully saturated rings. The molecule has 1 N–H and O–H groups in total. The van der Waals surface area contributed by atoms with E-state index >= 15 is 0 Å². The molecule has 1 aliphatic heterocycles. The zero-order chi connectivity index (χ0) is 22.1. The van der Waals surface area contributed by atoms with Gasteiger partial charge in [-0.1, -0.05) is 54.1 Å². The van der Waals surface area contributed by atoms with Crippen molar-refractivity contribution in [3.63, 3.8) is 0 Å². The number of nitro benzene ring substituents is 1. The molecule has 7 heteroatoms. The number of rotatable bonds is 3. The van der Waals surface area contributed by atoms with Gasteiger partial charge in [-0.3, -0.25) is 19.7 Å². The van der Waals surface area contributed by atoms with Gasteiger partial charge in [-0.2, -0.15) is 0 Å². The van der Waals surface area contributed by atoms with E-state index in [0.717, 1.165) is 16.7 Å². The van der Waals surface area contributed by atoms with E-state index in [1.54, 1.807) is 13.0 Å². The van der Waals surface area contributed by atoms with Gasteiger partial charge in [0.05, 0.1) is 11.0 Å². The Morgan fingerprint density at radius 1 is 1.06 bits per heavy atom. The third-order valence-electron chi connectivity index (χ3n) is 5.51. The topological polar surface area (TPSA) is 92.6 Å².